The van der Waals surface area contributed by atoms with E-state index in [2.05, 4.69) is 15.9 Å². The Morgan fingerprint density at radius 1 is 1.57 bits per heavy atom. The number of phenols is 1. The molecule has 0 aliphatic heterocycles. The van der Waals surface area contributed by atoms with Gasteiger partial charge in [0, 0.05) is 7.11 Å². The van der Waals surface area contributed by atoms with Crippen LogP contribution in [0.4, 0.5) is 0 Å². The zero-order valence-electron chi connectivity index (χ0n) is 8.00. The summed E-state index contributed by atoms with van der Waals surface area (Å²) >= 11 is 3.18. The molecule has 0 fully saturated rings. The van der Waals surface area contributed by atoms with Gasteiger partial charge in [0.15, 0.2) is 5.78 Å². The largest absolute Gasteiger partial charge is 0.506 e. The molecule has 0 saturated heterocycles. The molecular formula is C10H11BrO3. The SMILES string of the molecule is COCc1cc(Br)c(O)c(C(C)=O)c1. The zero-order chi connectivity index (χ0) is 10.7. The van der Waals surface area contributed by atoms with Crippen LogP contribution in [0.25, 0.3) is 0 Å². The number of hydrogen-bond acceptors (Lipinski definition) is 3. The Hall–Kier alpha value is -0.870. The Kier molecular flexibility index (Phi) is 3.66. The van der Waals surface area contributed by atoms with Crippen molar-refractivity contribution in [3.05, 3.63) is 27.7 Å². The Balaban J connectivity index is 3.21. The van der Waals surface area contributed by atoms with Crippen LogP contribution in [0.1, 0.15) is 22.8 Å². The van der Waals surface area contributed by atoms with E-state index in [1.807, 2.05) is 0 Å². The van der Waals surface area contributed by atoms with Gasteiger partial charge in [-0.25, -0.2) is 0 Å². The Labute approximate surface area is 90.8 Å². The summed E-state index contributed by atoms with van der Waals surface area (Å²) in [6.07, 6.45) is 0. The van der Waals surface area contributed by atoms with Gasteiger partial charge in [-0.15, -0.1) is 0 Å². The molecule has 0 aliphatic rings. The number of Topliss-reactive ketones (excluding diaryl/α,β-unsaturated/α-hetero) is 1. The van der Waals surface area contributed by atoms with Crippen LogP contribution >= 0.6 is 15.9 Å². The van der Waals surface area contributed by atoms with Crippen LogP contribution in [0.5, 0.6) is 5.75 Å². The first-order valence-corrected chi connectivity index (χ1v) is 4.86. The van der Waals surface area contributed by atoms with Gasteiger partial charge in [0.05, 0.1) is 16.6 Å². The fourth-order valence-corrected chi connectivity index (χ4v) is 1.68. The molecule has 0 aliphatic carbocycles. The van der Waals surface area contributed by atoms with E-state index in [1.165, 1.54) is 6.92 Å². The molecule has 0 aromatic heterocycles. The molecule has 1 aromatic carbocycles. The number of carbonyl (C=O) groups excluding carboxylic acids is 1. The molecule has 0 atom stereocenters. The lowest BCUT2D eigenvalue weighted by molar-refractivity contribution is 0.101. The van der Waals surface area contributed by atoms with Crippen molar-refractivity contribution in [1.29, 1.82) is 0 Å². The lowest BCUT2D eigenvalue weighted by Gasteiger charge is -2.06. The predicted octanol–water partition coefficient (Wildman–Crippen LogP) is 2.50. The number of carbonyl (C=O) groups is 1. The number of aromatic hydroxyl groups is 1. The van der Waals surface area contributed by atoms with E-state index in [1.54, 1.807) is 19.2 Å². The maximum atomic E-state index is 11.2. The summed E-state index contributed by atoms with van der Waals surface area (Å²) in [5.74, 6) is -0.182. The number of ketones is 1. The smallest absolute Gasteiger partial charge is 0.163 e. The average molecular weight is 259 g/mol. The summed E-state index contributed by atoms with van der Waals surface area (Å²) in [5.41, 5.74) is 1.16. The van der Waals surface area contributed by atoms with Crippen molar-refractivity contribution in [2.75, 3.05) is 7.11 Å². The first kappa shape index (κ1) is 11.2. The number of hydrogen-bond donors (Lipinski definition) is 1. The van der Waals surface area contributed by atoms with Crippen molar-refractivity contribution in [2.45, 2.75) is 13.5 Å². The highest BCUT2D eigenvalue weighted by molar-refractivity contribution is 9.10. The van der Waals surface area contributed by atoms with Crippen LogP contribution in [0.2, 0.25) is 0 Å². The molecule has 0 unspecified atom stereocenters. The van der Waals surface area contributed by atoms with Crippen LogP contribution in [-0.4, -0.2) is 18.0 Å². The van der Waals surface area contributed by atoms with Crippen molar-refractivity contribution < 1.29 is 14.6 Å². The normalized spacial score (nSPS) is 10.2. The topological polar surface area (TPSA) is 46.5 Å². The van der Waals surface area contributed by atoms with Gasteiger partial charge in [-0.2, -0.15) is 0 Å². The van der Waals surface area contributed by atoms with Crippen LogP contribution in [0.15, 0.2) is 16.6 Å². The van der Waals surface area contributed by atoms with Gasteiger partial charge >= 0.3 is 0 Å². The minimum absolute atomic E-state index is 0.0163. The third kappa shape index (κ3) is 2.33. The summed E-state index contributed by atoms with van der Waals surface area (Å²) < 4.78 is 5.46. The molecule has 0 bridgehead atoms. The minimum atomic E-state index is -0.166. The molecule has 1 rings (SSSR count). The second-order valence-electron chi connectivity index (χ2n) is 2.96. The molecule has 0 saturated carbocycles. The minimum Gasteiger partial charge on any atom is -0.506 e. The van der Waals surface area contributed by atoms with E-state index in [9.17, 15) is 9.90 Å². The molecular weight excluding hydrogens is 248 g/mol. The van der Waals surface area contributed by atoms with Crippen molar-refractivity contribution in [2.24, 2.45) is 0 Å². The Morgan fingerprint density at radius 2 is 2.21 bits per heavy atom. The van der Waals surface area contributed by atoms with Crippen LogP contribution in [0, 0.1) is 0 Å². The van der Waals surface area contributed by atoms with Gasteiger partial charge in [0.2, 0.25) is 0 Å². The lowest BCUT2D eigenvalue weighted by atomic mass is 10.1. The van der Waals surface area contributed by atoms with E-state index in [0.29, 0.717) is 16.6 Å². The van der Waals surface area contributed by atoms with Gasteiger partial charge < -0.3 is 9.84 Å². The number of benzene rings is 1. The summed E-state index contributed by atoms with van der Waals surface area (Å²) in [5, 5.41) is 9.55. The number of rotatable bonds is 3. The molecule has 0 amide bonds. The van der Waals surface area contributed by atoms with Crippen molar-refractivity contribution >= 4 is 21.7 Å². The first-order chi connectivity index (χ1) is 6.56. The van der Waals surface area contributed by atoms with Crippen molar-refractivity contribution in [1.82, 2.24) is 0 Å². The maximum Gasteiger partial charge on any atom is 0.163 e. The fraction of sp³-hybridized carbons (Fsp3) is 0.300. The summed E-state index contributed by atoms with van der Waals surface area (Å²) in [6.45, 7) is 1.83. The summed E-state index contributed by atoms with van der Waals surface area (Å²) in [4.78, 5) is 11.2. The third-order valence-electron chi connectivity index (χ3n) is 1.81. The molecule has 76 valence electrons. The molecule has 3 nitrogen and oxygen atoms in total. The van der Waals surface area contributed by atoms with Gasteiger partial charge in [-0.1, -0.05) is 0 Å². The van der Waals surface area contributed by atoms with E-state index < -0.39 is 0 Å². The predicted molar refractivity (Wildman–Crippen MR) is 56.5 cm³/mol. The standard InChI is InChI=1S/C10H11BrO3/c1-6(12)8-3-7(5-14-2)4-9(11)10(8)13/h3-4,13H,5H2,1-2H3. The van der Waals surface area contributed by atoms with Gasteiger partial charge in [-0.3, -0.25) is 4.79 Å². The molecule has 14 heavy (non-hydrogen) atoms. The number of phenolic OH excluding ortho intramolecular Hbond substituents is 1. The summed E-state index contributed by atoms with van der Waals surface area (Å²) in [6, 6.07) is 3.36. The van der Waals surface area contributed by atoms with Gasteiger partial charge in [0.25, 0.3) is 0 Å². The van der Waals surface area contributed by atoms with Crippen LogP contribution in [-0.2, 0) is 11.3 Å². The van der Waals surface area contributed by atoms with E-state index in [4.69, 9.17) is 4.74 Å². The van der Waals surface area contributed by atoms with E-state index in [-0.39, 0.29) is 11.5 Å². The fourth-order valence-electron chi connectivity index (χ4n) is 1.17. The monoisotopic (exact) mass is 258 g/mol. The number of methoxy groups -OCH3 is 1. The molecule has 1 aromatic rings. The summed E-state index contributed by atoms with van der Waals surface area (Å²) in [7, 11) is 1.58. The molecule has 0 radical (unpaired) electrons. The second kappa shape index (κ2) is 4.57. The molecule has 0 heterocycles. The zero-order valence-corrected chi connectivity index (χ0v) is 9.59. The first-order valence-electron chi connectivity index (χ1n) is 4.07. The van der Waals surface area contributed by atoms with Gasteiger partial charge in [0.1, 0.15) is 5.75 Å². The number of ether oxygens (including phenoxy) is 1. The van der Waals surface area contributed by atoms with E-state index >= 15 is 0 Å². The average Bonchev–Trinajstić information content (AvgIpc) is 2.11. The van der Waals surface area contributed by atoms with Crippen LogP contribution < -0.4 is 0 Å². The van der Waals surface area contributed by atoms with E-state index in [0.717, 1.165) is 5.56 Å². The van der Waals surface area contributed by atoms with Crippen LogP contribution in [0.3, 0.4) is 0 Å². The molecule has 0 spiro atoms. The quantitative estimate of drug-likeness (QED) is 0.848. The molecule has 4 heteroatoms. The number of halogens is 1. The van der Waals surface area contributed by atoms with Crippen molar-refractivity contribution in [3.8, 4) is 5.75 Å². The highest BCUT2D eigenvalue weighted by Crippen LogP contribution is 2.29. The maximum absolute atomic E-state index is 11.2. The highest BCUT2D eigenvalue weighted by atomic mass is 79.9. The second-order valence-corrected chi connectivity index (χ2v) is 3.82. The Bertz CT molecular complexity index is 361. The van der Waals surface area contributed by atoms with Gasteiger partial charge in [-0.05, 0) is 40.5 Å². The Morgan fingerprint density at radius 3 is 2.71 bits per heavy atom. The third-order valence-corrected chi connectivity index (χ3v) is 2.42. The lowest BCUT2D eigenvalue weighted by Crippen LogP contribution is -1.97. The van der Waals surface area contributed by atoms with Crippen molar-refractivity contribution in [3.63, 3.8) is 0 Å². The highest BCUT2D eigenvalue weighted by Gasteiger charge is 2.11. The molecule has 1 N–H and O–H groups in total.